The molecule has 1 aliphatic rings. The molecular formula is C28H27ClN4O3S. The fourth-order valence-electron chi connectivity index (χ4n) is 3.90. The Morgan fingerprint density at radius 2 is 1.54 bits per heavy atom. The first kappa shape index (κ1) is 25.2. The lowest BCUT2D eigenvalue weighted by Crippen LogP contribution is -2.38. The highest BCUT2D eigenvalue weighted by atomic mass is 35.5. The number of anilines is 2. The number of ether oxygens (including phenoxy) is 2. The van der Waals surface area contributed by atoms with Crippen LogP contribution in [0.1, 0.15) is 0 Å². The van der Waals surface area contributed by atoms with Crippen LogP contribution in [0.3, 0.4) is 0 Å². The van der Waals surface area contributed by atoms with Crippen molar-refractivity contribution in [3.63, 3.8) is 0 Å². The van der Waals surface area contributed by atoms with Crippen LogP contribution in [-0.4, -0.2) is 55.4 Å². The fourth-order valence-corrected chi connectivity index (χ4v) is 4.86. The standard InChI is InChI=1S/C28H27ClN4O3S/c29-22-5-9-24(10-6-22)31-28(34)30-23-7-1-20(2-8-23)26-19-37-27(32-26)21-3-11-25(12-4-21)36-18-15-33-13-16-35-17-14-33/h1-12,19H,13-18H2,(H2,30,31,34). The van der Waals surface area contributed by atoms with Crippen LogP contribution < -0.4 is 15.4 Å². The number of thiazole rings is 1. The topological polar surface area (TPSA) is 75.7 Å². The number of benzene rings is 3. The average Bonchev–Trinajstić information content (AvgIpc) is 3.42. The lowest BCUT2D eigenvalue weighted by molar-refractivity contribution is 0.0322. The van der Waals surface area contributed by atoms with Gasteiger partial charge < -0.3 is 20.1 Å². The number of halogens is 1. The molecule has 0 aliphatic carbocycles. The van der Waals surface area contributed by atoms with Crippen molar-refractivity contribution >= 4 is 40.3 Å². The first-order valence-electron chi connectivity index (χ1n) is 12.1. The van der Waals surface area contributed by atoms with Crippen LogP contribution in [0.2, 0.25) is 5.02 Å². The van der Waals surface area contributed by atoms with Gasteiger partial charge in [0.25, 0.3) is 0 Å². The molecule has 0 spiro atoms. The van der Waals surface area contributed by atoms with Crippen LogP contribution in [0, 0.1) is 0 Å². The maximum Gasteiger partial charge on any atom is 0.323 e. The van der Waals surface area contributed by atoms with E-state index in [0.717, 1.165) is 60.4 Å². The number of aromatic nitrogens is 1. The molecule has 5 rings (SSSR count). The molecule has 0 bridgehead atoms. The Hall–Kier alpha value is -3.43. The Balaban J connectivity index is 1.14. The molecule has 2 amide bonds. The number of hydrogen-bond acceptors (Lipinski definition) is 6. The molecule has 1 aromatic heterocycles. The van der Waals surface area contributed by atoms with E-state index >= 15 is 0 Å². The second-order valence-corrected chi connectivity index (χ2v) is 9.82. The van der Waals surface area contributed by atoms with Crippen molar-refractivity contribution in [1.82, 2.24) is 9.88 Å². The predicted octanol–water partition coefficient (Wildman–Crippen LogP) is 6.49. The summed E-state index contributed by atoms with van der Waals surface area (Å²) in [6, 6.07) is 22.3. The molecule has 0 atom stereocenters. The third-order valence-electron chi connectivity index (χ3n) is 5.93. The van der Waals surface area contributed by atoms with E-state index in [4.69, 9.17) is 26.1 Å². The molecule has 7 nitrogen and oxygen atoms in total. The molecule has 4 aromatic rings. The minimum absolute atomic E-state index is 0.320. The number of carbonyl (C=O) groups excluding carboxylic acids is 1. The van der Waals surface area contributed by atoms with Crippen LogP contribution >= 0.6 is 22.9 Å². The van der Waals surface area contributed by atoms with Gasteiger partial charge in [-0.1, -0.05) is 23.7 Å². The van der Waals surface area contributed by atoms with Gasteiger partial charge in [-0.15, -0.1) is 11.3 Å². The average molecular weight is 535 g/mol. The Bertz CT molecular complexity index is 1300. The predicted molar refractivity (Wildman–Crippen MR) is 150 cm³/mol. The monoisotopic (exact) mass is 534 g/mol. The van der Waals surface area contributed by atoms with E-state index in [-0.39, 0.29) is 6.03 Å². The Labute approximate surface area is 225 Å². The molecule has 0 unspecified atom stereocenters. The summed E-state index contributed by atoms with van der Waals surface area (Å²) in [5.74, 6) is 0.858. The van der Waals surface area contributed by atoms with E-state index < -0.39 is 0 Å². The van der Waals surface area contributed by atoms with Gasteiger partial charge >= 0.3 is 6.03 Å². The van der Waals surface area contributed by atoms with Crippen molar-refractivity contribution in [3.8, 4) is 27.6 Å². The maximum absolute atomic E-state index is 12.3. The van der Waals surface area contributed by atoms with Gasteiger partial charge in [0.15, 0.2) is 0 Å². The van der Waals surface area contributed by atoms with Crippen molar-refractivity contribution in [2.24, 2.45) is 0 Å². The van der Waals surface area contributed by atoms with Crippen molar-refractivity contribution < 1.29 is 14.3 Å². The third-order valence-corrected chi connectivity index (χ3v) is 7.07. The molecule has 37 heavy (non-hydrogen) atoms. The van der Waals surface area contributed by atoms with E-state index in [0.29, 0.717) is 23.0 Å². The molecule has 2 N–H and O–H groups in total. The second kappa shape index (κ2) is 12.2. The van der Waals surface area contributed by atoms with Crippen LogP contribution in [0.4, 0.5) is 16.2 Å². The van der Waals surface area contributed by atoms with Crippen LogP contribution in [0.15, 0.2) is 78.2 Å². The highest BCUT2D eigenvalue weighted by Gasteiger charge is 2.11. The quantitative estimate of drug-likeness (QED) is 0.270. The lowest BCUT2D eigenvalue weighted by atomic mass is 10.1. The van der Waals surface area contributed by atoms with Gasteiger partial charge in [-0.2, -0.15) is 0 Å². The molecule has 3 aromatic carbocycles. The number of carbonyl (C=O) groups is 1. The summed E-state index contributed by atoms with van der Waals surface area (Å²) in [5, 5.41) is 9.21. The Morgan fingerprint density at radius 1 is 0.919 bits per heavy atom. The summed E-state index contributed by atoms with van der Waals surface area (Å²) < 4.78 is 11.3. The second-order valence-electron chi connectivity index (χ2n) is 8.53. The number of amides is 2. The molecule has 1 saturated heterocycles. The number of urea groups is 1. The smallest absolute Gasteiger partial charge is 0.323 e. The summed E-state index contributed by atoms with van der Waals surface area (Å²) in [5.41, 5.74) is 4.28. The maximum atomic E-state index is 12.3. The first-order chi connectivity index (χ1) is 18.1. The molecule has 0 saturated carbocycles. The third kappa shape index (κ3) is 7.08. The number of morpholine rings is 1. The van der Waals surface area contributed by atoms with E-state index in [1.165, 1.54) is 0 Å². The van der Waals surface area contributed by atoms with Gasteiger partial charge in [0.2, 0.25) is 0 Å². The van der Waals surface area contributed by atoms with Gasteiger partial charge in [0.05, 0.1) is 18.9 Å². The number of hydrogen-bond donors (Lipinski definition) is 2. The van der Waals surface area contributed by atoms with E-state index in [2.05, 4.69) is 15.5 Å². The van der Waals surface area contributed by atoms with Crippen molar-refractivity contribution in [1.29, 1.82) is 0 Å². The SMILES string of the molecule is O=C(Nc1ccc(Cl)cc1)Nc1ccc(-c2csc(-c3ccc(OCCN4CCOCC4)cc3)n2)cc1. The molecule has 2 heterocycles. The minimum atomic E-state index is -0.320. The Morgan fingerprint density at radius 3 is 2.22 bits per heavy atom. The van der Waals surface area contributed by atoms with Crippen molar-refractivity contribution in [2.75, 3.05) is 50.1 Å². The first-order valence-corrected chi connectivity index (χ1v) is 13.3. The highest BCUT2D eigenvalue weighted by Crippen LogP contribution is 2.30. The summed E-state index contributed by atoms with van der Waals surface area (Å²) in [4.78, 5) is 19.4. The zero-order valence-corrected chi connectivity index (χ0v) is 21.7. The van der Waals surface area contributed by atoms with Crippen LogP contribution in [0.25, 0.3) is 21.8 Å². The van der Waals surface area contributed by atoms with Crippen molar-refractivity contribution in [3.05, 3.63) is 83.2 Å². The summed E-state index contributed by atoms with van der Waals surface area (Å²) in [7, 11) is 0. The highest BCUT2D eigenvalue weighted by molar-refractivity contribution is 7.13. The van der Waals surface area contributed by atoms with Gasteiger partial charge in [-0.3, -0.25) is 4.90 Å². The largest absolute Gasteiger partial charge is 0.492 e. The van der Waals surface area contributed by atoms with Gasteiger partial charge in [-0.25, -0.2) is 9.78 Å². The summed E-state index contributed by atoms with van der Waals surface area (Å²) >= 11 is 7.48. The number of nitrogens with one attached hydrogen (secondary N) is 2. The zero-order chi connectivity index (χ0) is 25.5. The lowest BCUT2D eigenvalue weighted by Gasteiger charge is -2.26. The summed E-state index contributed by atoms with van der Waals surface area (Å²) in [6.45, 7) is 5.10. The van der Waals surface area contributed by atoms with Crippen molar-refractivity contribution in [2.45, 2.75) is 0 Å². The van der Waals surface area contributed by atoms with Crippen LogP contribution in [0.5, 0.6) is 5.75 Å². The van der Waals surface area contributed by atoms with E-state index in [9.17, 15) is 4.79 Å². The Kier molecular flexibility index (Phi) is 8.32. The van der Waals surface area contributed by atoms with Gasteiger partial charge in [0.1, 0.15) is 17.4 Å². The number of rotatable bonds is 8. The van der Waals surface area contributed by atoms with E-state index in [1.807, 2.05) is 53.9 Å². The van der Waals surface area contributed by atoms with E-state index in [1.54, 1.807) is 35.6 Å². The minimum Gasteiger partial charge on any atom is -0.492 e. The molecule has 190 valence electrons. The normalized spacial score (nSPS) is 13.8. The molecular weight excluding hydrogens is 508 g/mol. The molecule has 1 aliphatic heterocycles. The van der Waals surface area contributed by atoms with Gasteiger partial charge in [-0.05, 0) is 60.7 Å². The molecule has 1 fully saturated rings. The van der Waals surface area contributed by atoms with Gasteiger partial charge in [0, 0.05) is 52.5 Å². The molecule has 0 radical (unpaired) electrons. The van der Waals surface area contributed by atoms with Crippen LogP contribution in [-0.2, 0) is 4.74 Å². The molecule has 9 heteroatoms. The number of nitrogens with zero attached hydrogens (tertiary/aromatic N) is 2. The fraction of sp³-hybridized carbons (Fsp3) is 0.214. The summed E-state index contributed by atoms with van der Waals surface area (Å²) in [6.07, 6.45) is 0. The zero-order valence-electron chi connectivity index (χ0n) is 20.2.